The molecule has 1 spiro atoms. The normalized spacial score (nSPS) is 17.5. The summed E-state index contributed by atoms with van der Waals surface area (Å²) >= 11 is 1.39. The summed E-state index contributed by atoms with van der Waals surface area (Å²) in [7, 11) is 0. The van der Waals surface area contributed by atoms with Crippen molar-refractivity contribution in [2.45, 2.75) is 38.6 Å². The molecule has 0 bridgehead atoms. The van der Waals surface area contributed by atoms with Crippen LogP contribution < -0.4 is 16.4 Å². The number of ether oxygens (including phenoxy) is 2. The van der Waals surface area contributed by atoms with E-state index in [-0.39, 0.29) is 43.7 Å². The summed E-state index contributed by atoms with van der Waals surface area (Å²) in [6.45, 7) is 4.93. The number of hydrogen-bond acceptors (Lipinski definition) is 7. The van der Waals surface area contributed by atoms with Crippen molar-refractivity contribution in [2.24, 2.45) is 5.73 Å². The van der Waals surface area contributed by atoms with E-state index in [9.17, 15) is 14.4 Å². The van der Waals surface area contributed by atoms with E-state index in [1.165, 1.54) is 21.8 Å². The summed E-state index contributed by atoms with van der Waals surface area (Å²) in [5.74, 6) is -2.20. The van der Waals surface area contributed by atoms with Gasteiger partial charge in [-0.2, -0.15) is 0 Å². The Morgan fingerprint density at radius 2 is 1.78 bits per heavy atom. The van der Waals surface area contributed by atoms with Crippen LogP contribution >= 0.6 is 11.3 Å². The molecule has 3 aromatic rings. The van der Waals surface area contributed by atoms with Crippen molar-refractivity contribution in [2.75, 3.05) is 26.3 Å². The maximum Gasteiger partial charge on any atom is 0.251 e. The zero-order valence-electron chi connectivity index (χ0n) is 23.0. The molecule has 10 nitrogen and oxygen atoms in total. The standard InChI is InChI=1S/C30H33N5O5S/c1-18-3-8-24(19(2)11-18)20-4-6-21(7-5-20)28(37)34-15-26(36)35-17-30(39-9-10-40-30)13-25(35)29(38)33-14-23-12-22(16-41-23)27(31)32/h3-8,11-12,16,25H,9-10,13-15,17H2,1-2H3,(H3,31,32)(H,33,38)(H,34,37)/t25-/m0/s1. The fourth-order valence-electron chi connectivity index (χ4n) is 5.25. The minimum absolute atomic E-state index is 0.0387. The van der Waals surface area contributed by atoms with Crippen LogP contribution in [0.25, 0.3) is 11.1 Å². The Balaban J connectivity index is 1.21. The lowest BCUT2D eigenvalue weighted by Crippen LogP contribution is -2.49. The minimum Gasteiger partial charge on any atom is -0.384 e. The molecule has 5 N–H and O–H groups in total. The van der Waals surface area contributed by atoms with Crippen LogP contribution in [-0.4, -0.2) is 66.6 Å². The van der Waals surface area contributed by atoms with Crippen LogP contribution in [0.5, 0.6) is 0 Å². The summed E-state index contributed by atoms with van der Waals surface area (Å²) in [4.78, 5) is 41.6. The summed E-state index contributed by atoms with van der Waals surface area (Å²) in [5, 5.41) is 14.9. The van der Waals surface area contributed by atoms with Crippen molar-refractivity contribution in [1.29, 1.82) is 5.41 Å². The quantitative estimate of drug-likeness (QED) is 0.240. The second kappa shape index (κ2) is 11.8. The van der Waals surface area contributed by atoms with Crippen LogP contribution in [0.3, 0.4) is 0 Å². The highest BCUT2D eigenvalue weighted by Gasteiger charge is 2.52. The topological polar surface area (TPSA) is 147 Å². The second-order valence-electron chi connectivity index (χ2n) is 10.4. The fourth-order valence-corrected chi connectivity index (χ4v) is 6.07. The average molecular weight is 576 g/mol. The van der Waals surface area contributed by atoms with Crippen LogP contribution in [0.15, 0.2) is 53.9 Å². The molecule has 2 aliphatic heterocycles. The molecule has 0 aliphatic carbocycles. The minimum atomic E-state index is -1.03. The van der Waals surface area contributed by atoms with Gasteiger partial charge in [-0.25, -0.2) is 0 Å². The lowest BCUT2D eigenvalue weighted by atomic mass is 9.98. The van der Waals surface area contributed by atoms with Crippen molar-refractivity contribution in [3.05, 3.63) is 81.0 Å². The molecule has 2 aromatic carbocycles. The number of rotatable bonds is 8. The van der Waals surface area contributed by atoms with Crippen molar-refractivity contribution >= 4 is 34.9 Å². The second-order valence-corrected chi connectivity index (χ2v) is 11.4. The molecular weight excluding hydrogens is 542 g/mol. The van der Waals surface area contributed by atoms with Crippen molar-refractivity contribution in [3.63, 3.8) is 0 Å². The number of amidine groups is 1. The lowest BCUT2D eigenvalue weighted by Gasteiger charge is -2.24. The molecular formula is C30H33N5O5S. The summed E-state index contributed by atoms with van der Waals surface area (Å²) < 4.78 is 11.6. The number of nitrogens with one attached hydrogen (secondary N) is 3. The van der Waals surface area contributed by atoms with Gasteiger partial charge in [0.1, 0.15) is 11.9 Å². The van der Waals surface area contributed by atoms with Crippen LogP contribution in [0, 0.1) is 19.3 Å². The predicted molar refractivity (Wildman–Crippen MR) is 156 cm³/mol. The molecule has 0 radical (unpaired) electrons. The number of carbonyl (C=O) groups is 3. The molecule has 0 saturated carbocycles. The van der Waals surface area contributed by atoms with Gasteiger partial charge in [-0.1, -0.05) is 35.9 Å². The molecule has 41 heavy (non-hydrogen) atoms. The molecule has 1 atom stereocenters. The largest absolute Gasteiger partial charge is 0.384 e. The number of nitrogens with two attached hydrogens (primary N) is 1. The molecule has 5 rings (SSSR count). The van der Waals surface area contributed by atoms with Gasteiger partial charge in [0.2, 0.25) is 11.8 Å². The number of nitrogen functional groups attached to an aromatic ring is 1. The van der Waals surface area contributed by atoms with Gasteiger partial charge in [-0.15, -0.1) is 11.3 Å². The predicted octanol–water partition coefficient (Wildman–Crippen LogP) is 2.71. The van der Waals surface area contributed by atoms with Crippen molar-refractivity contribution in [3.8, 4) is 11.1 Å². The van der Waals surface area contributed by atoms with Gasteiger partial charge in [0.25, 0.3) is 5.91 Å². The molecule has 3 heterocycles. The zero-order valence-corrected chi connectivity index (χ0v) is 23.8. The first kappa shape index (κ1) is 28.5. The molecule has 0 unspecified atom stereocenters. The van der Waals surface area contributed by atoms with Gasteiger partial charge in [0, 0.05) is 27.8 Å². The fraction of sp³-hybridized carbons (Fsp3) is 0.333. The van der Waals surface area contributed by atoms with Crippen molar-refractivity contribution < 1.29 is 23.9 Å². The van der Waals surface area contributed by atoms with Gasteiger partial charge < -0.3 is 30.7 Å². The molecule has 2 fully saturated rings. The van der Waals surface area contributed by atoms with Crippen LogP contribution in [0.4, 0.5) is 0 Å². The number of hydrogen-bond donors (Lipinski definition) is 4. The monoisotopic (exact) mass is 575 g/mol. The Bertz CT molecular complexity index is 1480. The highest BCUT2D eigenvalue weighted by Crippen LogP contribution is 2.35. The van der Waals surface area contributed by atoms with Gasteiger partial charge in [0.05, 0.1) is 32.8 Å². The van der Waals surface area contributed by atoms with Gasteiger partial charge >= 0.3 is 0 Å². The van der Waals surface area contributed by atoms with E-state index < -0.39 is 17.7 Å². The Labute approximate surface area is 242 Å². The van der Waals surface area contributed by atoms with E-state index in [1.807, 2.05) is 19.1 Å². The number of thiophene rings is 1. The maximum absolute atomic E-state index is 13.3. The van der Waals surface area contributed by atoms with E-state index in [0.717, 1.165) is 21.6 Å². The van der Waals surface area contributed by atoms with Crippen LogP contribution in [0.2, 0.25) is 0 Å². The molecule has 2 aliphatic rings. The van der Waals surface area contributed by atoms with Gasteiger partial charge in [-0.3, -0.25) is 19.8 Å². The van der Waals surface area contributed by atoms with E-state index in [0.29, 0.717) is 24.3 Å². The summed E-state index contributed by atoms with van der Waals surface area (Å²) in [5.41, 5.74) is 11.0. The Morgan fingerprint density at radius 3 is 2.44 bits per heavy atom. The number of carbonyl (C=O) groups excluding carboxylic acids is 3. The highest BCUT2D eigenvalue weighted by molar-refractivity contribution is 7.10. The van der Waals surface area contributed by atoms with E-state index in [4.69, 9.17) is 20.6 Å². The summed E-state index contributed by atoms with van der Waals surface area (Å²) in [6.07, 6.45) is 0.196. The Hall–Kier alpha value is -4.06. The molecule has 11 heteroatoms. The van der Waals surface area contributed by atoms with Crippen LogP contribution in [-0.2, 0) is 25.6 Å². The van der Waals surface area contributed by atoms with E-state index in [2.05, 4.69) is 35.8 Å². The van der Waals surface area contributed by atoms with Crippen LogP contribution in [0.1, 0.15) is 38.3 Å². The highest BCUT2D eigenvalue weighted by atomic mass is 32.1. The third kappa shape index (κ3) is 6.32. The van der Waals surface area contributed by atoms with E-state index in [1.54, 1.807) is 23.6 Å². The van der Waals surface area contributed by atoms with E-state index >= 15 is 0 Å². The van der Waals surface area contributed by atoms with Crippen molar-refractivity contribution in [1.82, 2.24) is 15.5 Å². The van der Waals surface area contributed by atoms with Gasteiger partial charge in [-0.05, 0) is 48.7 Å². The summed E-state index contributed by atoms with van der Waals surface area (Å²) in [6, 6.07) is 14.4. The molecule has 214 valence electrons. The molecule has 1 aromatic heterocycles. The first-order valence-corrected chi connectivity index (χ1v) is 14.2. The lowest BCUT2D eigenvalue weighted by molar-refractivity contribution is -0.152. The molecule has 2 saturated heterocycles. The Kier molecular flexibility index (Phi) is 8.20. The number of aryl methyl sites for hydroxylation is 2. The van der Waals surface area contributed by atoms with Gasteiger partial charge in [0.15, 0.2) is 5.79 Å². The first-order chi connectivity index (χ1) is 19.6. The SMILES string of the molecule is Cc1ccc(-c2ccc(C(=O)NCC(=O)N3CC4(C[C@H]3C(=O)NCc3cc(C(=N)N)cs3)OCCO4)cc2)c(C)c1. The number of benzene rings is 2. The molecule has 3 amide bonds. The maximum atomic E-state index is 13.3. The number of likely N-dealkylation sites (tertiary alicyclic amines) is 1. The third-order valence-electron chi connectivity index (χ3n) is 7.37. The average Bonchev–Trinajstić information content (AvgIpc) is 3.71. The zero-order chi connectivity index (χ0) is 29.1. The number of amides is 3. The first-order valence-electron chi connectivity index (χ1n) is 13.4. The Morgan fingerprint density at radius 1 is 1.05 bits per heavy atom. The third-order valence-corrected chi connectivity index (χ3v) is 8.31. The smallest absolute Gasteiger partial charge is 0.251 e. The number of nitrogens with zero attached hydrogens (tertiary/aromatic N) is 1.